The molecule has 110 heavy (non-hydrogen) atoms. The molecule has 7 aromatic carbocycles. The van der Waals surface area contributed by atoms with E-state index < -0.39 is 151 Å². The number of carbonyl (C=O) groups is 2. The van der Waals surface area contributed by atoms with Gasteiger partial charge in [0.25, 0.3) is 0 Å². The van der Waals surface area contributed by atoms with Gasteiger partial charge in [0, 0.05) is 43.3 Å². The van der Waals surface area contributed by atoms with Gasteiger partial charge in [-0.05, 0) is 71.4 Å². The topological polar surface area (TPSA) is 648 Å². The van der Waals surface area contributed by atoms with Crippen LogP contribution in [0.4, 0.5) is 57.9 Å². The first-order valence-corrected chi connectivity index (χ1v) is 36.8. The molecule has 40 nitrogen and oxygen atoms in total. The van der Waals surface area contributed by atoms with Crippen LogP contribution in [0.25, 0.3) is 33.7 Å². The molecule has 2 aliphatic carbocycles. The number of nitrogens with one attached hydrogen (secondary N) is 6. The normalized spacial score (nSPS) is 12.5. The molecule has 2 heterocycles. The van der Waals surface area contributed by atoms with Crippen LogP contribution in [-0.2, 0) is 82.4 Å². The predicted molar refractivity (Wildman–Crippen MR) is 345 cm³/mol. The maximum atomic E-state index is 14.3. The molecule has 2 aliphatic rings. The summed E-state index contributed by atoms with van der Waals surface area (Å²) in [7, 11) is -35.6. The molecule has 0 saturated carbocycles. The standard InChI is InChI=1S/C52H31Cl2N14O17S5.8Na.3O3S/c53-47-59-49(63-51(61-47)57-34-7-1-5-25-22-40(89(80,81)82)43(45(70)41(25)34)68-67-36-19-17-32-33(46(36)90(83,84)85)6-3-9-39(32)88(77,78)79)55-27-11-13-28(14-12-27)56-50-60-48(54)62-52(64-50)58-37-23-30(86(71,72)73)21-26-10-18-35(44(69)42(26)37)66-65-29-15-16-31-24(20-29)4-2-8-38(31)87(74,75)76;;;;;;;;;3*1-4(2)3/h2-17,19,21-23,65,67H,(H,71,72,73)(H,74,75,76)(H,77,78,79)(H,80,81,82)(H,83,84,85)(H2,55,57,59,61,63)(H2,56,58,60,62,64);;;;;;;;;;;/q-3;8*+1;;;/p-5/b66-35-,68-43-;;;;;;;;;;;. The number of fused-ring (bicyclic) bond motifs is 4. The average molecular weight is 1770 g/mol. The molecule has 530 valence electrons. The molecular formula is C52H26Cl2N14Na8O26S8. The number of aromatic nitrogens is 6. The number of Topliss-reactive ketones (excluding diaryl/α,β-unsaturated/α-hetero) is 2. The van der Waals surface area contributed by atoms with E-state index in [1.807, 2.05) is 0 Å². The molecule has 0 aliphatic heterocycles. The van der Waals surface area contributed by atoms with Gasteiger partial charge in [-0.3, -0.25) is 15.6 Å². The second kappa shape index (κ2) is 45.7. The van der Waals surface area contributed by atoms with Crippen LogP contribution in [0.1, 0.15) is 31.8 Å². The zero-order chi connectivity index (χ0) is 75.1. The first-order chi connectivity index (χ1) is 47.5. The summed E-state index contributed by atoms with van der Waals surface area (Å²) in [5, 5.41) is 17.6. The van der Waals surface area contributed by atoms with E-state index in [0.717, 1.165) is 60.7 Å². The maximum Gasteiger partial charge on any atom is 1.00 e. The van der Waals surface area contributed by atoms with E-state index in [0.29, 0.717) is 11.4 Å². The second-order valence-electron chi connectivity index (χ2n) is 19.1. The number of hydrogen-bond donors (Lipinski definition) is 6. The van der Waals surface area contributed by atoms with Crippen molar-refractivity contribution in [3.05, 3.63) is 165 Å². The second-order valence-corrected chi connectivity index (χ2v) is 27.7. The molecule has 58 heteroatoms. The third-order valence-corrected chi connectivity index (χ3v) is 17.4. The van der Waals surface area contributed by atoms with Crippen LogP contribution in [0.15, 0.2) is 144 Å². The van der Waals surface area contributed by atoms with Crippen molar-refractivity contribution in [1.82, 2.24) is 29.9 Å². The first kappa shape index (κ1) is 107. The van der Waals surface area contributed by atoms with Gasteiger partial charge in [0.1, 0.15) is 62.1 Å². The Morgan fingerprint density at radius 1 is 0.436 bits per heavy atom. The largest absolute Gasteiger partial charge is 1.00 e. The van der Waals surface area contributed by atoms with Gasteiger partial charge in [-0.2, -0.15) is 65.4 Å². The van der Waals surface area contributed by atoms with Crippen LogP contribution in [0.2, 0.25) is 10.6 Å². The van der Waals surface area contributed by atoms with E-state index in [1.165, 1.54) is 60.7 Å². The summed E-state index contributed by atoms with van der Waals surface area (Å²) in [6.07, 6.45) is 4.59. The molecule has 2 aromatic heterocycles. The summed E-state index contributed by atoms with van der Waals surface area (Å²) >= 11 is 12.6. The predicted octanol–water partition coefficient (Wildman–Crippen LogP) is -21.1. The summed E-state index contributed by atoms with van der Waals surface area (Å²) < 4.78 is 260. The Hall–Kier alpha value is -2.97. The zero-order valence-electron chi connectivity index (χ0n) is 56.8. The SMILES string of the molecule is O=C1/C(=N\Nc2[c-]c3cccc(S(=O)(=O)[O-])c3cc2)[C-]=Cc2cc(S(=O)(=O)[O-])cc(Nc3nc(Cl)nc(Nc4ccc(Nc5nc(Cl)nc(Nc6c[c-]cc7c6C(=O)/C(=N\Nc6ccc8c(S(=O)(=O)[O-])cccc8c6S(=O)(=O)[O-])C(S(=O)(=O)[O-])=C7)n5)cc4)n3)c21.O=S(=O)=O.O=S(=O)=O.O=S(=O)=O.[Na+].[Na+].[Na+].[Na+].[Na+].[Na+].[Na+].[Na+]. The number of hydrazone groups is 2. The van der Waals surface area contributed by atoms with Crippen LogP contribution in [-0.4, -0.2) is 156 Å². The fourth-order valence-electron chi connectivity index (χ4n) is 9.01. The first-order valence-electron chi connectivity index (χ1n) is 26.0. The molecule has 0 spiro atoms. The molecule has 0 fully saturated rings. The maximum absolute atomic E-state index is 14.3. The Morgan fingerprint density at radius 2 is 0.900 bits per heavy atom. The quantitative estimate of drug-likeness (QED) is 0.0213. The van der Waals surface area contributed by atoms with Crippen LogP contribution in [0, 0.1) is 18.2 Å². The van der Waals surface area contributed by atoms with Crippen LogP contribution in [0.5, 0.6) is 0 Å². The molecule has 0 radical (unpaired) electrons. The Labute approximate surface area is 812 Å². The molecule has 0 saturated heterocycles. The Bertz CT molecular complexity index is 6120. The van der Waals surface area contributed by atoms with E-state index in [2.05, 4.69) is 90.4 Å². The molecular weight excluding hydrogens is 1750 g/mol. The molecule has 0 unspecified atom stereocenters. The van der Waals surface area contributed by atoms with Crippen molar-refractivity contribution in [2.45, 2.75) is 19.6 Å². The molecule has 6 N–H and O–H groups in total. The number of hydrogen-bond acceptors (Lipinski definition) is 40. The van der Waals surface area contributed by atoms with Gasteiger partial charge >= 0.3 is 268 Å². The van der Waals surface area contributed by atoms with E-state index in [4.69, 9.17) is 61.1 Å². The minimum absolute atomic E-state index is 0. The monoisotopic (exact) mass is 1770 g/mol. The van der Waals surface area contributed by atoms with Crippen molar-refractivity contribution in [3.63, 3.8) is 0 Å². The summed E-state index contributed by atoms with van der Waals surface area (Å²) in [6, 6.07) is 27.1. The summed E-state index contributed by atoms with van der Waals surface area (Å²) in [5.41, 5.74) is 2.08. The summed E-state index contributed by atoms with van der Waals surface area (Å²) in [5.74, 6) is -3.16. The summed E-state index contributed by atoms with van der Waals surface area (Å²) in [6.45, 7) is 0. The minimum Gasteiger partial charge on any atom is -0.745 e. The number of nitrogens with zero attached hydrogens (tertiary/aromatic N) is 8. The molecule has 0 atom stereocenters. The Balaban J connectivity index is 0.00000554. The fraction of sp³-hybridized carbons (Fsp3) is 0. The number of benzene rings is 7. The molecule has 0 bridgehead atoms. The van der Waals surface area contributed by atoms with Gasteiger partial charge in [-0.1, -0.05) is 58.6 Å². The smallest absolute Gasteiger partial charge is 0.745 e. The zero-order valence-corrected chi connectivity index (χ0v) is 80.8. The number of ketones is 2. The summed E-state index contributed by atoms with van der Waals surface area (Å²) in [4.78, 5) is 48.6. The Kier molecular flexibility index (Phi) is 44.4. The number of carbonyl (C=O) groups excluding carboxylic acids is 2. The van der Waals surface area contributed by atoms with Crippen molar-refractivity contribution in [3.8, 4) is 0 Å². The number of anilines is 10. The van der Waals surface area contributed by atoms with Gasteiger partial charge in [-0.15, -0.1) is 84.7 Å². The van der Waals surface area contributed by atoms with Gasteiger partial charge < -0.3 is 48.8 Å². The van der Waals surface area contributed by atoms with E-state index in [-0.39, 0.29) is 316 Å². The van der Waals surface area contributed by atoms with Crippen LogP contribution >= 0.6 is 23.2 Å². The van der Waals surface area contributed by atoms with Crippen LogP contribution in [0.3, 0.4) is 0 Å². The van der Waals surface area contributed by atoms with Gasteiger partial charge in [0.05, 0.1) is 20.4 Å². The third kappa shape index (κ3) is 29.6. The van der Waals surface area contributed by atoms with Crippen molar-refractivity contribution in [2.75, 3.05) is 32.1 Å². The number of halogens is 2. The molecule has 11 rings (SSSR count). The van der Waals surface area contributed by atoms with Gasteiger partial charge in [-0.25, -0.2) is 47.2 Å². The minimum atomic E-state index is -5.56. The van der Waals surface area contributed by atoms with Crippen molar-refractivity contribution in [2.24, 2.45) is 10.2 Å². The number of rotatable bonds is 17. The van der Waals surface area contributed by atoms with E-state index in [1.54, 1.807) is 0 Å². The van der Waals surface area contributed by atoms with Gasteiger partial charge in [0.2, 0.25) is 34.4 Å². The van der Waals surface area contributed by atoms with Crippen molar-refractivity contribution >= 4 is 220 Å². The molecule has 9 aromatic rings. The average Bonchev–Trinajstić information content (AvgIpc) is 0.762. The van der Waals surface area contributed by atoms with Crippen molar-refractivity contribution < 1.29 is 349 Å². The third-order valence-electron chi connectivity index (χ3n) is 12.7. The van der Waals surface area contributed by atoms with E-state index in [9.17, 15) is 74.4 Å². The van der Waals surface area contributed by atoms with Crippen molar-refractivity contribution in [1.29, 1.82) is 0 Å². The van der Waals surface area contributed by atoms with Gasteiger partial charge in [0.15, 0.2) is 5.78 Å². The number of allylic oxidation sites excluding steroid dienone is 2. The van der Waals surface area contributed by atoms with Crippen LogP contribution < -0.4 is 269 Å². The fourth-order valence-corrected chi connectivity index (χ4v) is 12.7. The Morgan fingerprint density at radius 3 is 1.38 bits per heavy atom. The molecule has 0 amide bonds. The van der Waals surface area contributed by atoms with E-state index >= 15 is 0 Å².